The second-order valence-corrected chi connectivity index (χ2v) is 6.30. The van der Waals surface area contributed by atoms with Gasteiger partial charge in [-0.1, -0.05) is 23.9 Å². The first-order valence-electron chi connectivity index (χ1n) is 7.08. The van der Waals surface area contributed by atoms with Gasteiger partial charge in [-0.3, -0.25) is 4.79 Å². The molecule has 1 amide bonds. The van der Waals surface area contributed by atoms with Gasteiger partial charge in [0, 0.05) is 4.90 Å². The highest BCUT2D eigenvalue weighted by Gasteiger charge is 2.40. The fraction of sp³-hybridized carbons (Fsp3) is 0.133. The average Bonchev–Trinajstić information content (AvgIpc) is 2.96. The molecule has 0 atom stereocenters. The smallest absolute Gasteiger partial charge is 0.365 e. The van der Waals surface area contributed by atoms with Crippen LogP contribution < -0.4 is 11.1 Å². The van der Waals surface area contributed by atoms with Gasteiger partial charge in [0.25, 0.3) is 5.91 Å². The third kappa shape index (κ3) is 3.84. The van der Waals surface area contributed by atoms with Crippen LogP contribution in [0.2, 0.25) is 0 Å². The van der Waals surface area contributed by atoms with Crippen LogP contribution in [0.15, 0.2) is 40.3 Å². The van der Waals surface area contributed by atoms with Crippen molar-refractivity contribution >= 4 is 28.9 Å². The van der Waals surface area contributed by atoms with Gasteiger partial charge in [-0.15, -0.1) is 0 Å². The van der Waals surface area contributed by atoms with Crippen molar-refractivity contribution < 1.29 is 31.1 Å². The van der Waals surface area contributed by atoms with Crippen LogP contribution in [0.1, 0.15) is 17.2 Å². The Labute approximate surface area is 151 Å². The first-order valence-corrected chi connectivity index (χ1v) is 7.90. The zero-order valence-electron chi connectivity index (χ0n) is 12.9. The third-order valence-corrected chi connectivity index (χ3v) is 4.44. The molecule has 5 nitrogen and oxygen atoms in total. The Morgan fingerprint density at radius 3 is 2.04 bits per heavy atom. The van der Waals surface area contributed by atoms with E-state index in [-0.39, 0.29) is 11.1 Å². The van der Waals surface area contributed by atoms with Crippen molar-refractivity contribution in [2.75, 3.05) is 5.32 Å². The first-order chi connectivity index (χ1) is 12.5. The quantitative estimate of drug-likeness (QED) is 0.584. The van der Waals surface area contributed by atoms with Crippen molar-refractivity contribution in [1.82, 2.24) is 9.97 Å². The minimum atomic E-state index is -5.18. The number of fused-ring (bicyclic) bond motifs is 1. The Bertz CT molecular complexity index is 895. The van der Waals surface area contributed by atoms with Crippen LogP contribution >= 0.6 is 11.8 Å². The Morgan fingerprint density at radius 2 is 1.56 bits per heavy atom. The predicted molar refractivity (Wildman–Crippen MR) is 84.1 cm³/mol. The number of anilines is 1. The summed E-state index contributed by atoms with van der Waals surface area (Å²) < 4.78 is 77.9. The molecule has 0 fully saturated rings. The Kier molecular flexibility index (Phi) is 4.54. The molecule has 3 N–H and O–H groups in total. The number of halogens is 6. The van der Waals surface area contributed by atoms with Gasteiger partial charge >= 0.3 is 12.4 Å². The van der Waals surface area contributed by atoms with Gasteiger partial charge in [0.1, 0.15) is 17.0 Å². The van der Waals surface area contributed by atoms with Gasteiger partial charge in [0.2, 0.25) is 0 Å². The number of carbonyl (C=O) groups is 1. The van der Waals surface area contributed by atoms with E-state index in [4.69, 9.17) is 5.73 Å². The number of nitrogens with zero attached hydrogens (tertiary/aromatic N) is 2. The maximum Gasteiger partial charge on any atom is 0.433 e. The molecule has 142 valence electrons. The van der Waals surface area contributed by atoms with Crippen LogP contribution in [-0.4, -0.2) is 15.9 Å². The van der Waals surface area contributed by atoms with Crippen LogP contribution in [0, 0.1) is 0 Å². The highest BCUT2D eigenvalue weighted by Crippen LogP contribution is 2.44. The zero-order chi connectivity index (χ0) is 20.0. The standard InChI is InChI=1S/C15H8F6N4OS/c16-14(17,18)8-5-9(15(19,20)21)25-12(24-8)10(11(22)26)13-23-6-3-1-2-4-7(6)27-13/h1-5,23H,(H2,22,26)/b13-10-. The molecule has 1 aromatic carbocycles. The lowest BCUT2D eigenvalue weighted by Gasteiger charge is -2.14. The Morgan fingerprint density at radius 1 is 1.00 bits per heavy atom. The van der Waals surface area contributed by atoms with Crippen molar-refractivity contribution in [3.63, 3.8) is 0 Å². The number of hydrogen-bond acceptors (Lipinski definition) is 5. The van der Waals surface area contributed by atoms with Crippen LogP contribution in [-0.2, 0) is 17.1 Å². The largest absolute Gasteiger partial charge is 0.433 e. The molecule has 0 bridgehead atoms. The van der Waals surface area contributed by atoms with Crippen LogP contribution in [0.4, 0.5) is 32.0 Å². The van der Waals surface area contributed by atoms with Crippen LogP contribution in [0.25, 0.3) is 5.57 Å². The van der Waals surface area contributed by atoms with Crippen molar-refractivity contribution in [2.24, 2.45) is 5.73 Å². The summed E-state index contributed by atoms with van der Waals surface area (Å²) in [5.41, 5.74) is 1.38. The maximum absolute atomic E-state index is 13.0. The van der Waals surface area contributed by atoms with Crippen LogP contribution in [0.3, 0.4) is 0 Å². The topological polar surface area (TPSA) is 80.9 Å². The second kappa shape index (κ2) is 6.44. The van der Waals surface area contributed by atoms with E-state index in [0.29, 0.717) is 10.6 Å². The molecule has 3 rings (SSSR count). The highest BCUT2D eigenvalue weighted by atomic mass is 32.2. The fourth-order valence-electron chi connectivity index (χ4n) is 2.20. The molecule has 12 heteroatoms. The van der Waals surface area contributed by atoms with Crippen molar-refractivity contribution in [2.45, 2.75) is 17.2 Å². The van der Waals surface area contributed by atoms with Crippen molar-refractivity contribution in [3.8, 4) is 0 Å². The predicted octanol–water partition coefficient (Wildman–Crippen LogP) is 3.89. The van der Waals surface area contributed by atoms with Gasteiger partial charge < -0.3 is 11.1 Å². The number of aromatic nitrogens is 2. The second-order valence-electron chi connectivity index (χ2n) is 5.25. The molecule has 1 aliphatic heterocycles. The monoisotopic (exact) mass is 406 g/mol. The number of thioether (sulfide) groups is 1. The van der Waals surface area contributed by atoms with Gasteiger partial charge in [0.15, 0.2) is 5.82 Å². The van der Waals surface area contributed by atoms with Gasteiger partial charge in [0.05, 0.1) is 10.7 Å². The van der Waals surface area contributed by atoms with E-state index in [1.165, 1.54) is 0 Å². The molecule has 0 radical (unpaired) electrons. The summed E-state index contributed by atoms with van der Waals surface area (Å²) in [5, 5.41) is 2.67. The number of carbonyl (C=O) groups excluding carboxylic acids is 1. The lowest BCUT2D eigenvalue weighted by molar-refractivity contribution is -0.147. The van der Waals surface area contributed by atoms with Crippen molar-refractivity contribution in [3.05, 3.63) is 52.6 Å². The van der Waals surface area contributed by atoms with Gasteiger partial charge in [-0.2, -0.15) is 26.3 Å². The zero-order valence-corrected chi connectivity index (χ0v) is 13.8. The van der Waals surface area contributed by atoms with E-state index in [1.807, 2.05) is 0 Å². The number of rotatable bonds is 2. The molecule has 2 heterocycles. The van der Waals surface area contributed by atoms with E-state index in [0.717, 1.165) is 11.8 Å². The molecule has 1 aromatic heterocycles. The lowest BCUT2D eigenvalue weighted by Crippen LogP contribution is -2.22. The minimum absolute atomic E-state index is 0.0591. The van der Waals surface area contributed by atoms with E-state index in [1.54, 1.807) is 24.3 Å². The number of alkyl halides is 6. The SMILES string of the molecule is NC(=O)/C(=C1\Nc2ccccc2S1)c1nc(C(F)(F)F)cc(C(F)(F)F)n1. The van der Waals surface area contributed by atoms with Gasteiger partial charge in [-0.05, 0) is 18.2 Å². The summed E-state index contributed by atoms with van der Waals surface area (Å²) in [5.74, 6) is -2.34. The maximum atomic E-state index is 13.0. The first kappa shape index (κ1) is 19.0. The number of para-hydroxylation sites is 1. The summed E-state index contributed by atoms with van der Waals surface area (Å²) in [6.07, 6.45) is -10.4. The highest BCUT2D eigenvalue weighted by molar-refractivity contribution is 8.04. The molecular formula is C15H8F6N4OS. The molecule has 0 spiro atoms. The van der Waals surface area contributed by atoms with E-state index < -0.39 is 41.0 Å². The summed E-state index contributed by atoms with van der Waals surface area (Å²) in [6, 6.07) is 6.36. The number of hydrogen-bond donors (Lipinski definition) is 2. The number of nitrogens with one attached hydrogen (secondary N) is 1. The molecule has 0 aliphatic carbocycles. The van der Waals surface area contributed by atoms with E-state index >= 15 is 0 Å². The summed E-state index contributed by atoms with van der Waals surface area (Å²) >= 11 is 0.919. The molecular weight excluding hydrogens is 398 g/mol. The molecule has 27 heavy (non-hydrogen) atoms. The van der Waals surface area contributed by atoms with E-state index in [9.17, 15) is 31.1 Å². The number of nitrogens with two attached hydrogens (primary N) is 1. The van der Waals surface area contributed by atoms with Crippen LogP contribution in [0.5, 0.6) is 0 Å². The van der Waals surface area contributed by atoms with E-state index in [2.05, 4.69) is 15.3 Å². The van der Waals surface area contributed by atoms with Gasteiger partial charge in [-0.25, -0.2) is 9.97 Å². The summed E-state index contributed by atoms with van der Waals surface area (Å²) in [6.45, 7) is 0. The average molecular weight is 406 g/mol. The summed E-state index contributed by atoms with van der Waals surface area (Å²) in [7, 11) is 0. The summed E-state index contributed by atoms with van der Waals surface area (Å²) in [4.78, 5) is 18.6. The molecule has 0 saturated carbocycles. The number of amides is 1. The molecule has 2 aromatic rings. The lowest BCUT2D eigenvalue weighted by atomic mass is 10.2. The molecule has 0 unspecified atom stereocenters. The fourth-order valence-corrected chi connectivity index (χ4v) is 3.25. The molecule has 1 aliphatic rings. The Hall–Kier alpha value is -2.76. The molecule has 0 saturated heterocycles. The Balaban J connectivity index is 2.20. The number of benzene rings is 1. The number of primary amides is 1. The third-order valence-electron chi connectivity index (χ3n) is 3.35. The minimum Gasteiger partial charge on any atom is -0.365 e. The van der Waals surface area contributed by atoms with Crippen molar-refractivity contribution in [1.29, 1.82) is 0 Å². The normalized spacial score (nSPS) is 15.9.